The van der Waals surface area contributed by atoms with Gasteiger partial charge in [-0.2, -0.15) is 5.10 Å². The topological polar surface area (TPSA) is 39.1 Å². The van der Waals surface area contributed by atoms with Gasteiger partial charge < -0.3 is 10.1 Å². The zero-order chi connectivity index (χ0) is 15.6. The molecule has 1 N–H and O–H groups in total. The summed E-state index contributed by atoms with van der Waals surface area (Å²) in [6.07, 6.45) is 7.88. The molecule has 4 rings (SSSR count). The quantitative estimate of drug-likeness (QED) is 0.941. The van der Waals surface area contributed by atoms with Crippen LogP contribution in [0.3, 0.4) is 0 Å². The van der Waals surface area contributed by atoms with E-state index in [2.05, 4.69) is 46.4 Å². The molecule has 120 valence electrons. The molecule has 2 aromatic rings. The molecular weight excluding hydrogens is 286 g/mol. The van der Waals surface area contributed by atoms with E-state index in [1.54, 1.807) is 0 Å². The van der Waals surface area contributed by atoms with Gasteiger partial charge >= 0.3 is 0 Å². The van der Waals surface area contributed by atoms with E-state index in [-0.39, 0.29) is 0 Å². The van der Waals surface area contributed by atoms with Crippen LogP contribution in [0.1, 0.15) is 42.6 Å². The van der Waals surface area contributed by atoms with E-state index in [9.17, 15) is 0 Å². The molecule has 0 spiro atoms. The maximum Gasteiger partial charge on any atom is 0.127 e. The second-order valence-corrected chi connectivity index (χ2v) is 6.32. The summed E-state index contributed by atoms with van der Waals surface area (Å²) < 4.78 is 7.98. The van der Waals surface area contributed by atoms with Gasteiger partial charge in [0, 0.05) is 36.0 Å². The number of ether oxygens (including phenoxy) is 1. The molecule has 1 atom stereocenters. The fourth-order valence-corrected chi connectivity index (χ4v) is 3.62. The summed E-state index contributed by atoms with van der Waals surface area (Å²) in [6.45, 7) is 4.66. The summed E-state index contributed by atoms with van der Waals surface area (Å²) >= 11 is 0. The number of aryl methyl sites for hydroxylation is 1. The van der Waals surface area contributed by atoms with E-state index in [0.29, 0.717) is 12.6 Å². The third-order valence-corrected chi connectivity index (χ3v) is 4.83. The second kappa shape index (κ2) is 6.20. The largest absolute Gasteiger partial charge is 0.489 e. The summed E-state index contributed by atoms with van der Waals surface area (Å²) in [4.78, 5) is 0. The molecule has 1 aliphatic carbocycles. The average Bonchev–Trinajstić information content (AvgIpc) is 3.03. The molecule has 4 nitrogen and oxygen atoms in total. The van der Waals surface area contributed by atoms with Crippen molar-refractivity contribution in [3.63, 3.8) is 0 Å². The summed E-state index contributed by atoms with van der Waals surface area (Å²) in [7, 11) is 0. The van der Waals surface area contributed by atoms with Crippen molar-refractivity contribution in [2.75, 3.05) is 13.2 Å². The van der Waals surface area contributed by atoms with Crippen LogP contribution in [-0.2, 0) is 13.0 Å². The van der Waals surface area contributed by atoms with Crippen molar-refractivity contribution in [2.45, 2.75) is 38.8 Å². The van der Waals surface area contributed by atoms with Gasteiger partial charge in [-0.3, -0.25) is 4.68 Å². The fraction of sp³-hybridized carbons (Fsp3) is 0.421. The number of rotatable bonds is 4. The molecule has 2 aliphatic rings. The molecule has 0 saturated carbocycles. The Labute approximate surface area is 137 Å². The van der Waals surface area contributed by atoms with Gasteiger partial charge in [-0.15, -0.1) is 0 Å². The molecule has 0 radical (unpaired) electrons. The minimum absolute atomic E-state index is 0.414. The Morgan fingerprint density at radius 2 is 2.26 bits per heavy atom. The van der Waals surface area contributed by atoms with E-state index in [1.807, 2.05) is 12.1 Å². The Morgan fingerprint density at radius 3 is 3.17 bits per heavy atom. The van der Waals surface area contributed by atoms with Crippen molar-refractivity contribution in [3.05, 3.63) is 52.9 Å². The van der Waals surface area contributed by atoms with Gasteiger partial charge in [0.2, 0.25) is 0 Å². The number of aromatic nitrogens is 2. The van der Waals surface area contributed by atoms with Crippen molar-refractivity contribution in [1.29, 1.82) is 0 Å². The first kappa shape index (κ1) is 14.5. The van der Waals surface area contributed by atoms with Gasteiger partial charge in [0.15, 0.2) is 0 Å². The van der Waals surface area contributed by atoms with Gasteiger partial charge in [0.05, 0.1) is 6.20 Å². The first-order valence-corrected chi connectivity index (χ1v) is 8.54. The number of para-hydroxylation sites is 1. The standard InChI is InChI=1S/C19H23N3O/c1-2-22-18-8-5-7-17(16(18)12-21-22)20-11-14-10-15-6-3-4-9-19(15)23-13-14/h3-4,6,9-10,12,17,20H,2,5,7-8,11,13H2,1H3. The monoisotopic (exact) mass is 309 g/mol. The molecule has 4 heteroatoms. The van der Waals surface area contributed by atoms with Crippen LogP contribution in [0.4, 0.5) is 0 Å². The lowest BCUT2D eigenvalue weighted by atomic mass is 9.92. The van der Waals surface area contributed by atoms with Gasteiger partial charge in [-0.05, 0) is 43.9 Å². The fourth-order valence-electron chi connectivity index (χ4n) is 3.62. The van der Waals surface area contributed by atoms with Crippen molar-refractivity contribution >= 4 is 6.08 Å². The highest BCUT2D eigenvalue weighted by Crippen LogP contribution is 2.30. The lowest BCUT2D eigenvalue weighted by Gasteiger charge is -2.26. The predicted molar refractivity (Wildman–Crippen MR) is 91.5 cm³/mol. The highest BCUT2D eigenvalue weighted by Gasteiger charge is 2.24. The van der Waals surface area contributed by atoms with Gasteiger partial charge in [-0.1, -0.05) is 18.2 Å². The number of hydrogen-bond acceptors (Lipinski definition) is 3. The maximum atomic E-state index is 5.84. The third kappa shape index (κ3) is 2.79. The minimum atomic E-state index is 0.414. The minimum Gasteiger partial charge on any atom is -0.489 e. The SMILES string of the molecule is CCn1ncc2c1CCCC2NCC1=Cc2ccccc2OC1. The predicted octanol–water partition coefficient (Wildman–Crippen LogP) is 3.35. The number of nitrogens with zero attached hydrogens (tertiary/aromatic N) is 2. The van der Waals surface area contributed by atoms with E-state index in [0.717, 1.165) is 25.3 Å². The van der Waals surface area contributed by atoms with Gasteiger partial charge in [-0.25, -0.2) is 0 Å². The zero-order valence-electron chi connectivity index (χ0n) is 13.6. The molecule has 0 bridgehead atoms. The lowest BCUT2D eigenvalue weighted by Crippen LogP contribution is -2.28. The summed E-state index contributed by atoms with van der Waals surface area (Å²) in [5, 5.41) is 8.24. The molecule has 1 aromatic carbocycles. The Balaban J connectivity index is 1.47. The van der Waals surface area contributed by atoms with E-state index >= 15 is 0 Å². The van der Waals surface area contributed by atoms with E-state index in [1.165, 1.54) is 35.2 Å². The molecule has 1 aromatic heterocycles. The maximum absolute atomic E-state index is 5.84. The van der Waals surface area contributed by atoms with Crippen LogP contribution >= 0.6 is 0 Å². The number of benzene rings is 1. The molecule has 23 heavy (non-hydrogen) atoms. The molecule has 1 aliphatic heterocycles. The van der Waals surface area contributed by atoms with Crippen LogP contribution in [0.2, 0.25) is 0 Å². The first-order chi connectivity index (χ1) is 11.3. The van der Waals surface area contributed by atoms with Crippen LogP contribution in [0, 0.1) is 0 Å². The normalized spacial score (nSPS) is 19.5. The van der Waals surface area contributed by atoms with Crippen LogP contribution in [0.25, 0.3) is 6.08 Å². The molecular formula is C19H23N3O. The number of fused-ring (bicyclic) bond motifs is 2. The summed E-state index contributed by atoms with van der Waals surface area (Å²) in [6, 6.07) is 8.63. The molecule has 2 heterocycles. The van der Waals surface area contributed by atoms with Crippen molar-refractivity contribution in [1.82, 2.24) is 15.1 Å². The van der Waals surface area contributed by atoms with E-state index in [4.69, 9.17) is 4.74 Å². The first-order valence-electron chi connectivity index (χ1n) is 8.54. The Bertz CT molecular complexity index is 732. The van der Waals surface area contributed by atoms with Gasteiger partial charge in [0.1, 0.15) is 12.4 Å². The lowest BCUT2D eigenvalue weighted by molar-refractivity contribution is 0.339. The van der Waals surface area contributed by atoms with Crippen LogP contribution in [0.15, 0.2) is 36.0 Å². The van der Waals surface area contributed by atoms with Crippen LogP contribution < -0.4 is 10.1 Å². The molecule has 1 unspecified atom stereocenters. The van der Waals surface area contributed by atoms with Crippen molar-refractivity contribution < 1.29 is 4.74 Å². The molecule has 0 amide bonds. The Kier molecular flexibility index (Phi) is 3.92. The molecule has 0 fully saturated rings. The molecule has 0 saturated heterocycles. The summed E-state index contributed by atoms with van der Waals surface area (Å²) in [5.41, 5.74) is 5.28. The Hall–Kier alpha value is -2.07. The smallest absolute Gasteiger partial charge is 0.127 e. The highest BCUT2D eigenvalue weighted by atomic mass is 16.5. The van der Waals surface area contributed by atoms with Crippen molar-refractivity contribution in [2.24, 2.45) is 0 Å². The average molecular weight is 309 g/mol. The third-order valence-electron chi connectivity index (χ3n) is 4.83. The van der Waals surface area contributed by atoms with Crippen LogP contribution in [0.5, 0.6) is 5.75 Å². The number of hydrogen-bond donors (Lipinski definition) is 1. The van der Waals surface area contributed by atoms with Crippen molar-refractivity contribution in [3.8, 4) is 5.75 Å². The Morgan fingerprint density at radius 1 is 1.35 bits per heavy atom. The number of nitrogens with one attached hydrogen (secondary N) is 1. The highest BCUT2D eigenvalue weighted by molar-refractivity contribution is 5.62. The zero-order valence-corrected chi connectivity index (χ0v) is 13.6. The summed E-state index contributed by atoms with van der Waals surface area (Å²) in [5.74, 6) is 0.987. The van der Waals surface area contributed by atoms with E-state index < -0.39 is 0 Å². The van der Waals surface area contributed by atoms with Crippen LogP contribution in [-0.4, -0.2) is 22.9 Å². The second-order valence-electron chi connectivity index (χ2n) is 6.32. The van der Waals surface area contributed by atoms with Gasteiger partial charge in [0.25, 0.3) is 0 Å².